The lowest BCUT2D eigenvalue weighted by Crippen LogP contribution is -2.35. The molecule has 0 heterocycles. The molecule has 1 amide bonds. The number of hydrogen-bond acceptors (Lipinski definition) is 3. The number of carbonyl (C=O) groups is 1. The summed E-state index contributed by atoms with van der Waals surface area (Å²) < 4.78 is 11.5. The van der Waals surface area contributed by atoms with Gasteiger partial charge in [0.1, 0.15) is 11.5 Å². The molecule has 0 saturated heterocycles. The SMILES string of the molecule is CC(C)Oc1ccc(CNC(=O)[C@@H](C)Oc2cccc3ccccc23)cc1. The van der Waals surface area contributed by atoms with Crippen molar-refractivity contribution in [3.8, 4) is 11.5 Å². The third-order valence-corrected chi connectivity index (χ3v) is 4.18. The van der Waals surface area contributed by atoms with Gasteiger partial charge in [0.25, 0.3) is 5.91 Å². The van der Waals surface area contributed by atoms with Crippen LogP contribution in [0, 0.1) is 0 Å². The van der Waals surface area contributed by atoms with E-state index in [1.165, 1.54) is 0 Å². The van der Waals surface area contributed by atoms with Crippen molar-refractivity contribution >= 4 is 16.7 Å². The van der Waals surface area contributed by atoms with E-state index in [2.05, 4.69) is 5.32 Å². The standard InChI is InChI=1S/C23H25NO3/c1-16(2)26-20-13-11-18(12-14-20)15-24-23(25)17(3)27-22-10-6-8-19-7-4-5-9-21(19)22/h4-14,16-17H,15H2,1-3H3,(H,24,25)/t17-/m1/s1. The molecule has 3 aromatic rings. The predicted molar refractivity (Wildman–Crippen MR) is 108 cm³/mol. The lowest BCUT2D eigenvalue weighted by molar-refractivity contribution is -0.127. The van der Waals surface area contributed by atoms with Gasteiger partial charge in [-0.25, -0.2) is 0 Å². The Balaban J connectivity index is 1.57. The highest BCUT2D eigenvalue weighted by atomic mass is 16.5. The smallest absolute Gasteiger partial charge is 0.261 e. The van der Waals surface area contributed by atoms with Crippen molar-refractivity contribution in [2.75, 3.05) is 0 Å². The summed E-state index contributed by atoms with van der Waals surface area (Å²) in [7, 11) is 0. The average Bonchev–Trinajstić information content (AvgIpc) is 2.67. The maximum Gasteiger partial charge on any atom is 0.261 e. The van der Waals surface area contributed by atoms with E-state index < -0.39 is 6.10 Å². The summed E-state index contributed by atoms with van der Waals surface area (Å²) in [6, 6.07) is 21.6. The fourth-order valence-electron chi connectivity index (χ4n) is 2.83. The van der Waals surface area contributed by atoms with E-state index in [0.29, 0.717) is 12.3 Å². The quantitative estimate of drug-likeness (QED) is 0.661. The Morgan fingerprint density at radius 1 is 0.889 bits per heavy atom. The van der Waals surface area contributed by atoms with Gasteiger partial charge < -0.3 is 14.8 Å². The first-order valence-electron chi connectivity index (χ1n) is 9.20. The molecule has 4 heteroatoms. The van der Waals surface area contributed by atoms with Crippen LogP contribution in [0.15, 0.2) is 66.7 Å². The minimum Gasteiger partial charge on any atom is -0.491 e. The number of rotatable bonds is 7. The Morgan fingerprint density at radius 2 is 1.59 bits per heavy atom. The maximum atomic E-state index is 12.4. The molecule has 1 atom stereocenters. The van der Waals surface area contributed by atoms with Crippen LogP contribution in [-0.2, 0) is 11.3 Å². The minimum atomic E-state index is -0.584. The summed E-state index contributed by atoms with van der Waals surface area (Å²) in [5.74, 6) is 1.39. The van der Waals surface area contributed by atoms with E-state index in [9.17, 15) is 4.79 Å². The van der Waals surface area contributed by atoms with Gasteiger partial charge in [-0.3, -0.25) is 4.79 Å². The summed E-state index contributed by atoms with van der Waals surface area (Å²) in [5, 5.41) is 5.01. The van der Waals surface area contributed by atoms with Crippen LogP contribution in [0.1, 0.15) is 26.3 Å². The first-order valence-corrected chi connectivity index (χ1v) is 9.20. The Hall–Kier alpha value is -3.01. The Morgan fingerprint density at radius 3 is 2.33 bits per heavy atom. The first-order chi connectivity index (χ1) is 13.0. The molecule has 0 radical (unpaired) electrons. The normalized spacial score (nSPS) is 12.0. The van der Waals surface area contributed by atoms with Crippen LogP contribution in [0.2, 0.25) is 0 Å². The lowest BCUT2D eigenvalue weighted by Gasteiger charge is -2.16. The third-order valence-electron chi connectivity index (χ3n) is 4.18. The highest BCUT2D eigenvalue weighted by Gasteiger charge is 2.15. The van der Waals surface area contributed by atoms with Crippen molar-refractivity contribution in [1.29, 1.82) is 0 Å². The number of nitrogens with one attached hydrogen (secondary N) is 1. The van der Waals surface area contributed by atoms with E-state index in [1.807, 2.05) is 80.6 Å². The van der Waals surface area contributed by atoms with Crippen LogP contribution in [0.4, 0.5) is 0 Å². The molecule has 0 bridgehead atoms. The monoisotopic (exact) mass is 363 g/mol. The average molecular weight is 363 g/mol. The molecule has 1 N–H and O–H groups in total. The number of carbonyl (C=O) groups excluding carboxylic acids is 1. The first kappa shape index (κ1) is 18.8. The highest BCUT2D eigenvalue weighted by Crippen LogP contribution is 2.26. The molecule has 0 spiro atoms. The molecule has 0 aromatic heterocycles. The fraction of sp³-hybridized carbons (Fsp3) is 0.261. The summed E-state index contributed by atoms with van der Waals surface area (Å²) in [4.78, 5) is 12.4. The molecule has 4 nitrogen and oxygen atoms in total. The van der Waals surface area contributed by atoms with Gasteiger partial charge in [-0.1, -0.05) is 48.5 Å². The molecule has 0 aliphatic heterocycles. The number of ether oxygens (including phenoxy) is 2. The molecule has 0 fully saturated rings. The lowest BCUT2D eigenvalue weighted by atomic mass is 10.1. The van der Waals surface area contributed by atoms with Gasteiger partial charge in [0.05, 0.1) is 6.10 Å². The second-order valence-electron chi connectivity index (χ2n) is 6.77. The topological polar surface area (TPSA) is 47.6 Å². The van der Waals surface area contributed by atoms with E-state index in [1.54, 1.807) is 6.92 Å². The van der Waals surface area contributed by atoms with E-state index >= 15 is 0 Å². The molecule has 3 aromatic carbocycles. The summed E-state index contributed by atoms with van der Waals surface area (Å²) in [6.45, 7) is 6.19. The Labute approximate surface area is 160 Å². The second kappa shape index (κ2) is 8.58. The zero-order chi connectivity index (χ0) is 19.2. The van der Waals surface area contributed by atoms with Crippen LogP contribution in [0.3, 0.4) is 0 Å². The van der Waals surface area contributed by atoms with E-state index in [4.69, 9.17) is 9.47 Å². The van der Waals surface area contributed by atoms with Crippen LogP contribution >= 0.6 is 0 Å². The largest absolute Gasteiger partial charge is 0.491 e. The van der Waals surface area contributed by atoms with Crippen LogP contribution in [0.5, 0.6) is 11.5 Å². The molecule has 140 valence electrons. The van der Waals surface area contributed by atoms with Crippen LogP contribution < -0.4 is 14.8 Å². The zero-order valence-corrected chi connectivity index (χ0v) is 15.9. The van der Waals surface area contributed by atoms with Crippen molar-refractivity contribution < 1.29 is 14.3 Å². The number of hydrogen-bond donors (Lipinski definition) is 1. The van der Waals surface area contributed by atoms with Crippen molar-refractivity contribution in [2.45, 2.75) is 39.5 Å². The summed E-state index contributed by atoms with van der Waals surface area (Å²) >= 11 is 0. The molecular weight excluding hydrogens is 338 g/mol. The van der Waals surface area contributed by atoms with Gasteiger partial charge in [0.2, 0.25) is 0 Å². The third kappa shape index (κ3) is 5.00. The Bertz CT molecular complexity index is 898. The Kier molecular flexibility index (Phi) is 5.97. The van der Waals surface area contributed by atoms with Gasteiger partial charge in [-0.05, 0) is 49.9 Å². The number of amides is 1. The number of fused-ring (bicyclic) bond motifs is 1. The zero-order valence-electron chi connectivity index (χ0n) is 15.9. The second-order valence-corrected chi connectivity index (χ2v) is 6.77. The molecular formula is C23H25NO3. The summed E-state index contributed by atoms with van der Waals surface area (Å²) in [5.41, 5.74) is 1.01. The molecule has 0 unspecified atom stereocenters. The van der Waals surface area contributed by atoms with Crippen molar-refractivity contribution in [3.05, 3.63) is 72.3 Å². The minimum absolute atomic E-state index is 0.141. The van der Waals surface area contributed by atoms with Gasteiger partial charge in [0.15, 0.2) is 6.10 Å². The van der Waals surface area contributed by atoms with Crippen molar-refractivity contribution in [2.24, 2.45) is 0 Å². The van der Waals surface area contributed by atoms with Crippen molar-refractivity contribution in [1.82, 2.24) is 5.32 Å². The van der Waals surface area contributed by atoms with E-state index in [0.717, 1.165) is 22.1 Å². The molecule has 0 aliphatic rings. The van der Waals surface area contributed by atoms with Gasteiger partial charge in [-0.15, -0.1) is 0 Å². The highest BCUT2D eigenvalue weighted by molar-refractivity contribution is 5.89. The van der Waals surface area contributed by atoms with Gasteiger partial charge in [-0.2, -0.15) is 0 Å². The van der Waals surface area contributed by atoms with E-state index in [-0.39, 0.29) is 12.0 Å². The summed E-state index contributed by atoms with van der Waals surface area (Å²) in [6.07, 6.45) is -0.443. The molecule has 27 heavy (non-hydrogen) atoms. The molecule has 3 rings (SSSR count). The van der Waals surface area contributed by atoms with Gasteiger partial charge in [0, 0.05) is 11.9 Å². The van der Waals surface area contributed by atoms with Gasteiger partial charge >= 0.3 is 0 Å². The maximum absolute atomic E-state index is 12.4. The predicted octanol–water partition coefficient (Wildman–Crippen LogP) is 4.71. The van der Waals surface area contributed by atoms with Crippen molar-refractivity contribution in [3.63, 3.8) is 0 Å². The fourth-order valence-corrected chi connectivity index (χ4v) is 2.83. The molecule has 0 aliphatic carbocycles. The van der Waals surface area contributed by atoms with Crippen LogP contribution in [-0.4, -0.2) is 18.1 Å². The van der Waals surface area contributed by atoms with Crippen LogP contribution in [0.25, 0.3) is 10.8 Å². The molecule has 0 saturated carbocycles. The number of benzene rings is 3.